The zero-order valence-electron chi connectivity index (χ0n) is 16.3. The molecule has 0 unspecified atom stereocenters. The number of alkyl halides is 3. The largest absolute Gasteiger partial charge is 0.445 e. The third-order valence-electron chi connectivity index (χ3n) is 5.62. The summed E-state index contributed by atoms with van der Waals surface area (Å²) in [5.41, 5.74) is 1.06. The van der Waals surface area contributed by atoms with Gasteiger partial charge in [0.1, 0.15) is 6.61 Å². The normalized spacial score (nSPS) is 20.9. The van der Waals surface area contributed by atoms with Crippen LogP contribution in [0.1, 0.15) is 26.3 Å². The minimum absolute atomic E-state index is 0.0596. The molecule has 2 aliphatic rings. The first-order valence-electron chi connectivity index (χ1n) is 9.73. The van der Waals surface area contributed by atoms with Crippen molar-refractivity contribution in [2.24, 2.45) is 11.8 Å². The number of likely N-dealkylation sites (tertiary alicyclic amines) is 1. The number of carbonyl (C=O) groups is 3. The number of benzene rings is 2. The number of fused-ring (bicyclic) bond motifs is 1. The maximum absolute atomic E-state index is 13.7. The highest BCUT2D eigenvalue weighted by atomic mass is 19.4. The Balaban J connectivity index is 1.46. The molecule has 0 bridgehead atoms. The summed E-state index contributed by atoms with van der Waals surface area (Å²) in [6, 6.07) is 14.9. The number of imide groups is 1. The zero-order chi connectivity index (χ0) is 22.2. The Hall–Kier alpha value is -3.36. The monoisotopic (exact) mass is 432 g/mol. The first-order valence-corrected chi connectivity index (χ1v) is 9.73. The predicted octanol–water partition coefficient (Wildman–Crippen LogP) is 3.73. The van der Waals surface area contributed by atoms with Crippen LogP contribution in [-0.2, 0) is 11.3 Å². The molecule has 9 heteroatoms. The van der Waals surface area contributed by atoms with Crippen LogP contribution in [-0.4, -0.2) is 53.5 Å². The van der Waals surface area contributed by atoms with Crippen LogP contribution in [0.2, 0.25) is 0 Å². The van der Waals surface area contributed by atoms with Crippen LogP contribution in [0.3, 0.4) is 0 Å². The van der Waals surface area contributed by atoms with Crippen molar-refractivity contribution in [2.45, 2.75) is 12.8 Å². The molecule has 0 aliphatic carbocycles. The topological polar surface area (TPSA) is 66.9 Å². The molecule has 0 spiro atoms. The molecule has 0 radical (unpaired) electrons. The van der Waals surface area contributed by atoms with E-state index in [9.17, 15) is 27.6 Å². The molecule has 2 aromatic carbocycles. The highest BCUT2D eigenvalue weighted by Crippen LogP contribution is 2.39. The molecule has 2 aromatic rings. The Kier molecular flexibility index (Phi) is 5.43. The van der Waals surface area contributed by atoms with Crippen LogP contribution in [0.15, 0.2) is 54.6 Å². The summed E-state index contributed by atoms with van der Waals surface area (Å²) < 4.78 is 46.1. The molecule has 1 saturated heterocycles. The maximum Gasteiger partial charge on any atom is 0.410 e. The summed E-state index contributed by atoms with van der Waals surface area (Å²) in [4.78, 5) is 39.3. The molecule has 6 nitrogen and oxygen atoms in total. The van der Waals surface area contributed by atoms with Gasteiger partial charge >= 0.3 is 12.3 Å². The average Bonchev–Trinajstić information content (AvgIpc) is 3.29. The van der Waals surface area contributed by atoms with Gasteiger partial charge in [0.05, 0.1) is 17.0 Å². The van der Waals surface area contributed by atoms with Gasteiger partial charge in [-0.25, -0.2) is 4.79 Å². The summed E-state index contributed by atoms with van der Waals surface area (Å²) >= 11 is 0. The average molecular weight is 432 g/mol. The van der Waals surface area contributed by atoms with Crippen LogP contribution in [0.4, 0.5) is 18.0 Å². The Bertz CT molecular complexity index is 974. The lowest BCUT2D eigenvalue weighted by Crippen LogP contribution is -2.40. The first kappa shape index (κ1) is 20.9. The number of rotatable bonds is 4. The molecule has 2 aliphatic heterocycles. The number of hydrogen-bond acceptors (Lipinski definition) is 4. The van der Waals surface area contributed by atoms with Crippen molar-refractivity contribution >= 4 is 17.9 Å². The number of carbonyl (C=O) groups excluding carboxylic acids is 3. The summed E-state index contributed by atoms with van der Waals surface area (Å²) in [5, 5.41) is 0. The van der Waals surface area contributed by atoms with Crippen LogP contribution >= 0.6 is 0 Å². The van der Waals surface area contributed by atoms with Gasteiger partial charge in [-0.1, -0.05) is 42.5 Å². The second-order valence-electron chi connectivity index (χ2n) is 7.62. The molecule has 4 rings (SSSR count). The smallest absolute Gasteiger partial charge is 0.410 e. The van der Waals surface area contributed by atoms with Crippen molar-refractivity contribution in [1.29, 1.82) is 0 Å². The van der Waals surface area contributed by atoms with E-state index in [1.54, 1.807) is 42.5 Å². The third-order valence-corrected chi connectivity index (χ3v) is 5.62. The Labute approximate surface area is 176 Å². The molecule has 0 saturated carbocycles. The van der Waals surface area contributed by atoms with E-state index in [-0.39, 0.29) is 24.3 Å². The number of halogens is 3. The Morgan fingerprint density at radius 2 is 1.52 bits per heavy atom. The fourth-order valence-electron chi connectivity index (χ4n) is 4.03. The first-order chi connectivity index (χ1) is 14.8. The molecular weight excluding hydrogens is 413 g/mol. The molecule has 0 aromatic heterocycles. The van der Waals surface area contributed by atoms with Gasteiger partial charge in [0.25, 0.3) is 11.8 Å². The molecule has 162 valence electrons. The van der Waals surface area contributed by atoms with E-state index < -0.39 is 49.0 Å². The summed E-state index contributed by atoms with van der Waals surface area (Å²) in [5.74, 6) is -4.23. The molecule has 31 heavy (non-hydrogen) atoms. The molecule has 1 fully saturated rings. The van der Waals surface area contributed by atoms with Crippen LogP contribution in [0.25, 0.3) is 0 Å². The summed E-state index contributed by atoms with van der Waals surface area (Å²) in [6.45, 7) is -1.31. The SMILES string of the molecule is O=C(OCc1ccccc1)N1C[C@@H](CN2C(=O)c3ccccc3C2=O)[C@H](C(F)(F)F)C1. The Morgan fingerprint density at radius 3 is 2.10 bits per heavy atom. The van der Waals surface area contributed by atoms with Crippen molar-refractivity contribution < 1.29 is 32.3 Å². The van der Waals surface area contributed by atoms with Gasteiger partial charge in [-0.2, -0.15) is 13.2 Å². The number of amides is 3. The van der Waals surface area contributed by atoms with E-state index in [0.717, 1.165) is 9.80 Å². The van der Waals surface area contributed by atoms with Crippen molar-refractivity contribution in [3.05, 3.63) is 71.3 Å². The maximum atomic E-state index is 13.7. The minimum atomic E-state index is -4.59. The van der Waals surface area contributed by atoms with E-state index in [2.05, 4.69) is 0 Å². The summed E-state index contributed by atoms with van der Waals surface area (Å²) in [6.07, 6.45) is -5.44. The second kappa shape index (κ2) is 8.05. The van der Waals surface area contributed by atoms with E-state index in [1.807, 2.05) is 0 Å². The van der Waals surface area contributed by atoms with Crippen LogP contribution < -0.4 is 0 Å². The molecule has 3 amide bonds. The van der Waals surface area contributed by atoms with E-state index >= 15 is 0 Å². The van der Waals surface area contributed by atoms with Gasteiger partial charge in [0.2, 0.25) is 0 Å². The molecular formula is C22H19F3N2O4. The van der Waals surface area contributed by atoms with Gasteiger partial charge in [-0.3, -0.25) is 14.5 Å². The minimum Gasteiger partial charge on any atom is -0.445 e. The van der Waals surface area contributed by atoms with Crippen molar-refractivity contribution in [3.63, 3.8) is 0 Å². The predicted molar refractivity (Wildman–Crippen MR) is 103 cm³/mol. The Morgan fingerprint density at radius 1 is 0.935 bits per heavy atom. The number of hydrogen-bond donors (Lipinski definition) is 0. The lowest BCUT2D eigenvalue weighted by Gasteiger charge is -2.24. The fourth-order valence-corrected chi connectivity index (χ4v) is 4.03. The van der Waals surface area contributed by atoms with E-state index in [4.69, 9.17) is 4.74 Å². The van der Waals surface area contributed by atoms with Crippen molar-refractivity contribution in [2.75, 3.05) is 19.6 Å². The van der Waals surface area contributed by atoms with E-state index in [0.29, 0.717) is 5.56 Å². The van der Waals surface area contributed by atoms with Crippen molar-refractivity contribution in [1.82, 2.24) is 9.80 Å². The lowest BCUT2D eigenvalue weighted by molar-refractivity contribution is -0.180. The van der Waals surface area contributed by atoms with Gasteiger partial charge in [-0.05, 0) is 17.7 Å². The van der Waals surface area contributed by atoms with Gasteiger partial charge in [-0.15, -0.1) is 0 Å². The fraction of sp³-hybridized carbons (Fsp3) is 0.318. The standard InChI is InChI=1S/C22H19F3N2O4/c23-22(24,25)18-12-26(21(30)31-13-14-6-2-1-3-7-14)10-15(18)11-27-19(28)16-8-4-5-9-17(16)20(27)29/h1-9,15,18H,10-13H2/t15-,18+/m0/s1. The quantitative estimate of drug-likeness (QED) is 0.691. The third kappa shape index (κ3) is 4.12. The highest BCUT2D eigenvalue weighted by molar-refractivity contribution is 6.21. The molecule has 2 atom stereocenters. The van der Waals surface area contributed by atoms with Gasteiger partial charge < -0.3 is 9.64 Å². The van der Waals surface area contributed by atoms with Gasteiger partial charge in [0, 0.05) is 25.6 Å². The molecule has 2 heterocycles. The summed E-state index contributed by atoms with van der Waals surface area (Å²) in [7, 11) is 0. The number of nitrogens with zero attached hydrogens (tertiary/aromatic N) is 2. The zero-order valence-corrected chi connectivity index (χ0v) is 16.3. The van der Waals surface area contributed by atoms with Crippen LogP contribution in [0.5, 0.6) is 0 Å². The number of ether oxygens (including phenoxy) is 1. The highest BCUT2D eigenvalue weighted by Gasteiger charge is 2.52. The lowest BCUT2D eigenvalue weighted by atomic mass is 9.95. The van der Waals surface area contributed by atoms with E-state index in [1.165, 1.54) is 12.1 Å². The second-order valence-corrected chi connectivity index (χ2v) is 7.62. The molecule has 0 N–H and O–H groups in total. The van der Waals surface area contributed by atoms with Gasteiger partial charge in [0.15, 0.2) is 0 Å². The van der Waals surface area contributed by atoms with Crippen molar-refractivity contribution in [3.8, 4) is 0 Å². The van der Waals surface area contributed by atoms with Crippen LogP contribution in [0, 0.1) is 11.8 Å².